The van der Waals surface area contributed by atoms with Crippen LogP contribution in [0.3, 0.4) is 0 Å². The molecule has 0 aromatic rings. The molecule has 2 atom stereocenters. The van der Waals surface area contributed by atoms with Gasteiger partial charge in [-0.3, -0.25) is 9.59 Å². The Hall–Kier alpha value is -1.10. The van der Waals surface area contributed by atoms with Gasteiger partial charge in [0, 0.05) is 12.6 Å². The summed E-state index contributed by atoms with van der Waals surface area (Å²) in [4.78, 5) is 28.8. The predicted octanol–water partition coefficient (Wildman–Crippen LogP) is 0.598. The van der Waals surface area contributed by atoms with Gasteiger partial charge in [-0.1, -0.05) is 6.42 Å². The molecule has 2 saturated heterocycles. The van der Waals surface area contributed by atoms with E-state index in [1.165, 1.54) is 12.8 Å². The van der Waals surface area contributed by atoms with Gasteiger partial charge in [0.05, 0.1) is 6.54 Å². The molecule has 5 nitrogen and oxygen atoms in total. The van der Waals surface area contributed by atoms with Crippen molar-refractivity contribution in [1.82, 2.24) is 15.1 Å². The lowest BCUT2D eigenvalue weighted by atomic mass is 9.91. The number of rotatable bonds is 3. The first-order valence-corrected chi connectivity index (χ1v) is 7.81. The van der Waals surface area contributed by atoms with Crippen LogP contribution < -0.4 is 5.32 Å². The van der Waals surface area contributed by atoms with Gasteiger partial charge < -0.3 is 15.1 Å². The van der Waals surface area contributed by atoms with E-state index in [4.69, 9.17) is 0 Å². The Morgan fingerprint density at radius 2 is 2.00 bits per heavy atom. The van der Waals surface area contributed by atoms with Gasteiger partial charge in [-0.05, 0) is 52.1 Å². The number of hydrogen-bond acceptors (Lipinski definition) is 3. The summed E-state index contributed by atoms with van der Waals surface area (Å²) in [6, 6.07) is 0.405. The highest BCUT2D eigenvalue weighted by molar-refractivity contribution is 5.98. The molecule has 0 bridgehead atoms. The minimum atomic E-state index is -0.650. The van der Waals surface area contributed by atoms with E-state index >= 15 is 0 Å². The average molecular weight is 279 g/mol. The summed E-state index contributed by atoms with van der Waals surface area (Å²) >= 11 is 0. The van der Waals surface area contributed by atoms with Crippen LogP contribution in [0, 0.1) is 5.92 Å². The Bertz CT molecular complexity index is 421. The third-order valence-corrected chi connectivity index (χ3v) is 5.21. The molecule has 0 radical (unpaired) electrons. The molecule has 1 N–H and O–H groups in total. The zero-order valence-corrected chi connectivity index (χ0v) is 12.5. The lowest BCUT2D eigenvalue weighted by Crippen LogP contribution is -2.67. The first-order valence-electron chi connectivity index (χ1n) is 7.81. The van der Waals surface area contributed by atoms with Crippen LogP contribution in [0.1, 0.15) is 39.0 Å². The van der Waals surface area contributed by atoms with Crippen LogP contribution in [0.25, 0.3) is 0 Å². The fourth-order valence-corrected chi connectivity index (χ4v) is 3.67. The van der Waals surface area contributed by atoms with Crippen molar-refractivity contribution in [2.45, 2.75) is 50.6 Å². The summed E-state index contributed by atoms with van der Waals surface area (Å²) in [5.74, 6) is 0.460. The number of hydrogen-bond donors (Lipinski definition) is 1. The van der Waals surface area contributed by atoms with Crippen LogP contribution in [-0.2, 0) is 9.59 Å². The molecule has 0 aromatic heterocycles. The third kappa shape index (κ3) is 2.43. The number of amides is 2. The lowest BCUT2D eigenvalue weighted by Gasteiger charge is -2.43. The monoisotopic (exact) mass is 279 g/mol. The van der Waals surface area contributed by atoms with Gasteiger partial charge in [0.25, 0.3) is 0 Å². The second-order valence-corrected chi connectivity index (χ2v) is 6.84. The van der Waals surface area contributed by atoms with Gasteiger partial charge in [0.1, 0.15) is 5.54 Å². The van der Waals surface area contributed by atoms with Crippen molar-refractivity contribution >= 4 is 11.8 Å². The van der Waals surface area contributed by atoms with Crippen molar-refractivity contribution in [2.24, 2.45) is 5.92 Å². The third-order valence-electron chi connectivity index (χ3n) is 5.21. The van der Waals surface area contributed by atoms with Crippen molar-refractivity contribution in [3.05, 3.63) is 0 Å². The maximum absolute atomic E-state index is 12.7. The summed E-state index contributed by atoms with van der Waals surface area (Å²) in [5, 5.41) is 2.94. The van der Waals surface area contributed by atoms with Gasteiger partial charge in [-0.25, -0.2) is 0 Å². The molecule has 2 heterocycles. The zero-order chi connectivity index (χ0) is 14.3. The molecule has 3 fully saturated rings. The van der Waals surface area contributed by atoms with E-state index in [0.29, 0.717) is 18.5 Å². The molecule has 20 heavy (non-hydrogen) atoms. The van der Waals surface area contributed by atoms with E-state index in [2.05, 4.69) is 17.3 Å². The molecule has 2 amide bonds. The van der Waals surface area contributed by atoms with Crippen LogP contribution in [0.2, 0.25) is 0 Å². The molecular weight excluding hydrogens is 254 g/mol. The minimum absolute atomic E-state index is 0.00235. The van der Waals surface area contributed by atoms with Crippen LogP contribution in [0.5, 0.6) is 0 Å². The Morgan fingerprint density at radius 3 is 2.65 bits per heavy atom. The van der Waals surface area contributed by atoms with Crippen molar-refractivity contribution in [2.75, 3.05) is 26.7 Å². The minimum Gasteiger partial charge on any atom is -0.340 e. The Labute approximate surface area is 120 Å². The van der Waals surface area contributed by atoms with Gasteiger partial charge >= 0.3 is 0 Å². The lowest BCUT2D eigenvalue weighted by molar-refractivity contribution is -0.151. The summed E-state index contributed by atoms with van der Waals surface area (Å²) in [5.41, 5.74) is -0.650. The van der Waals surface area contributed by atoms with Gasteiger partial charge in [-0.15, -0.1) is 0 Å². The molecule has 5 heteroatoms. The average Bonchev–Trinajstić information content (AvgIpc) is 3.22. The Morgan fingerprint density at radius 1 is 1.25 bits per heavy atom. The van der Waals surface area contributed by atoms with Crippen molar-refractivity contribution in [3.63, 3.8) is 0 Å². The molecule has 112 valence electrons. The van der Waals surface area contributed by atoms with Crippen LogP contribution in [-0.4, -0.2) is 59.9 Å². The SMILES string of the molecule is CN1CCCCC1CN1CC(=O)NC(C)(C2CC2)C1=O. The molecule has 1 aliphatic carbocycles. The van der Waals surface area contributed by atoms with E-state index in [9.17, 15) is 9.59 Å². The maximum atomic E-state index is 12.7. The number of nitrogens with one attached hydrogen (secondary N) is 1. The highest BCUT2D eigenvalue weighted by atomic mass is 16.2. The topological polar surface area (TPSA) is 52.6 Å². The summed E-state index contributed by atoms with van der Waals surface area (Å²) < 4.78 is 0. The van der Waals surface area contributed by atoms with Crippen LogP contribution in [0.15, 0.2) is 0 Å². The fourth-order valence-electron chi connectivity index (χ4n) is 3.67. The number of piperazine rings is 1. The highest BCUT2D eigenvalue weighted by Gasteiger charge is 2.52. The summed E-state index contributed by atoms with van der Waals surface area (Å²) in [6.07, 6.45) is 5.70. The second-order valence-electron chi connectivity index (χ2n) is 6.84. The molecule has 3 rings (SSSR count). The van der Waals surface area contributed by atoms with Crippen molar-refractivity contribution in [1.29, 1.82) is 0 Å². The quantitative estimate of drug-likeness (QED) is 0.823. The van der Waals surface area contributed by atoms with E-state index in [0.717, 1.165) is 25.8 Å². The van der Waals surface area contributed by atoms with E-state index in [1.807, 2.05) is 6.92 Å². The summed E-state index contributed by atoms with van der Waals surface area (Å²) in [6.45, 7) is 3.93. The molecule has 2 unspecified atom stereocenters. The highest BCUT2D eigenvalue weighted by Crippen LogP contribution is 2.41. The van der Waals surface area contributed by atoms with Gasteiger partial charge in [0.2, 0.25) is 11.8 Å². The molecule has 0 aromatic carbocycles. The van der Waals surface area contributed by atoms with Crippen molar-refractivity contribution < 1.29 is 9.59 Å². The van der Waals surface area contributed by atoms with E-state index in [-0.39, 0.29) is 18.4 Å². The fraction of sp³-hybridized carbons (Fsp3) is 0.867. The number of piperidine rings is 1. The normalized spacial score (nSPS) is 36.1. The smallest absolute Gasteiger partial charge is 0.248 e. The summed E-state index contributed by atoms with van der Waals surface area (Å²) in [7, 11) is 2.12. The van der Waals surface area contributed by atoms with E-state index in [1.54, 1.807) is 4.90 Å². The largest absolute Gasteiger partial charge is 0.340 e. The number of likely N-dealkylation sites (tertiary alicyclic amines) is 1. The number of carbonyl (C=O) groups excluding carboxylic acids is 2. The molecule has 0 spiro atoms. The van der Waals surface area contributed by atoms with Crippen molar-refractivity contribution in [3.8, 4) is 0 Å². The maximum Gasteiger partial charge on any atom is 0.248 e. The number of nitrogens with zero attached hydrogens (tertiary/aromatic N) is 2. The number of likely N-dealkylation sites (N-methyl/N-ethyl adjacent to an activating group) is 1. The Balaban J connectivity index is 1.71. The Kier molecular flexibility index (Phi) is 3.48. The molecular formula is C15H25N3O2. The zero-order valence-electron chi connectivity index (χ0n) is 12.5. The van der Waals surface area contributed by atoms with Crippen LogP contribution in [0.4, 0.5) is 0 Å². The molecule has 1 saturated carbocycles. The molecule has 3 aliphatic rings. The molecule has 2 aliphatic heterocycles. The van der Waals surface area contributed by atoms with Gasteiger partial charge in [-0.2, -0.15) is 0 Å². The van der Waals surface area contributed by atoms with Crippen LogP contribution >= 0.6 is 0 Å². The second kappa shape index (κ2) is 5.02. The van der Waals surface area contributed by atoms with E-state index < -0.39 is 5.54 Å². The first-order chi connectivity index (χ1) is 9.50. The first kappa shape index (κ1) is 13.9. The predicted molar refractivity (Wildman–Crippen MR) is 76.1 cm³/mol. The standard InChI is InChI=1S/C15H25N3O2/c1-15(11-6-7-11)14(20)18(10-13(19)16-15)9-12-5-3-4-8-17(12)2/h11-12H,3-10H2,1-2H3,(H,16,19). The van der Waals surface area contributed by atoms with Gasteiger partial charge in [0.15, 0.2) is 0 Å². The number of carbonyl (C=O) groups is 2.